The van der Waals surface area contributed by atoms with Crippen LogP contribution in [0.15, 0.2) is 4.52 Å². The Bertz CT molecular complexity index is 360. The van der Waals surface area contributed by atoms with Gasteiger partial charge in [0.2, 0.25) is 5.89 Å². The van der Waals surface area contributed by atoms with Gasteiger partial charge in [-0.3, -0.25) is 9.59 Å². The van der Waals surface area contributed by atoms with Crippen LogP contribution in [0.2, 0.25) is 0 Å². The van der Waals surface area contributed by atoms with Gasteiger partial charge in [0.1, 0.15) is 6.54 Å². The van der Waals surface area contributed by atoms with E-state index in [1.54, 1.807) is 6.92 Å². The highest BCUT2D eigenvalue weighted by molar-refractivity contribution is 5.92. The minimum Gasteiger partial charge on any atom is -0.480 e. The molecule has 0 bridgehead atoms. The number of carboxylic acid groups (broad SMARTS) is 1. The maximum Gasteiger partial charge on any atom is 0.323 e. The molecule has 0 atom stereocenters. The highest BCUT2D eigenvalue weighted by Gasteiger charge is 2.19. The predicted molar refractivity (Wildman–Crippen MR) is 43.6 cm³/mol. The number of hydrogen-bond acceptors (Lipinski definition) is 5. The molecule has 14 heavy (non-hydrogen) atoms. The molecule has 0 fully saturated rings. The van der Waals surface area contributed by atoms with E-state index in [0.29, 0.717) is 0 Å². The van der Waals surface area contributed by atoms with E-state index >= 15 is 0 Å². The first kappa shape index (κ1) is 10.2. The Labute approximate surface area is 79.3 Å². The second kappa shape index (κ2) is 3.86. The van der Waals surface area contributed by atoms with Gasteiger partial charge in [0.05, 0.1) is 0 Å². The minimum atomic E-state index is -1.10. The summed E-state index contributed by atoms with van der Waals surface area (Å²) in [4.78, 5) is 26.3. The van der Waals surface area contributed by atoms with Gasteiger partial charge in [-0.25, -0.2) is 0 Å². The number of nitrogens with zero attached hydrogens (tertiary/aromatic N) is 3. The van der Waals surface area contributed by atoms with Gasteiger partial charge in [0.25, 0.3) is 11.7 Å². The summed E-state index contributed by atoms with van der Waals surface area (Å²) in [5, 5.41) is 11.8. The molecule has 0 saturated carbocycles. The molecule has 7 nitrogen and oxygen atoms in total. The highest BCUT2D eigenvalue weighted by Crippen LogP contribution is 1.99. The predicted octanol–water partition coefficient (Wildman–Crippen LogP) is -0.465. The van der Waals surface area contributed by atoms with Crippen molar-refractivity contribution in [2.24, 2.45) is 0 Å². The van der Waals surface area contributed by atoms with Crippen LogP contribution in [-0.4, -0.2) is 45.6 Å². The van der Waals surface area contributed by atoms with Crippen molar-refractivity contribution in [3.63, 3.8) is 0 Å². The number of aryl methyl sites for hydroxylation is 1. The summed E-state index contributed by atoms with van der Waals surface area (Å²) in [6.07, 6.45) is 0. The van der Waals surface area contributed by atoms with Gasteiger partial charge >= 0.3 is 5.97 Å². The summed E-state index contributed by atoms with van der Waals surface area (Å²) in [5.74, 6) is -1.55. The normalized spacial score (nSPS) is 9.86. The second-order valence-corrected chi connectivity index (χ2v) is 2.69. The number of aromatic nitrogens is 2. The molecule has 0 unspecified atom stereocenters. The van der Waals surface area contributed by atoms with E-state index in [0.717, 1.165) is 4.90 Å². The Hall–Kier alpha value is -1.92. The summed E-state index contributed by atoms with van der Waals surface area (Å²) in [7, 11) is 1.35. The van der Waals surface area contributed by atoms with E-state index in [1.807, 2.05) is 0 Å². The molecule has 76 valence electrons. The molecule has 0 aliphatic heterocycles. The monoisotopic (exact) mass is 199 g/mol. The fourth-order valence-electron chi connectivity index (χ4n) is 0.832. The molecule has 0 aliphatic rings. The third-order valence-corrected chi connectivity index (χ3v) is 1.44. The van der Waals surface area contributed by atoms with Crippen LogP contribution in [0, 0.1) is 6.92 Å². The van der Waals surface area contributed by atoms with Crippen molar-refractivity contribution in [3.05, 3.63) is 11.7 Å². The summed E-state index contributed by atoms with van der Waals surface area (Å²) in [5.41, 5.74) is 0. The van der Waals surface area contributed by atoms with E-state index in [2.05, 4.69) is 14.7 Å². The number of likely N-dealkylation sites (N-methyl/N-ethyl adjacent to an activating group) is 1. The fraction of sp³-hybridized carbons (Fsp3) is 0.429. The number of aliphatic carboxylic acids is 1. The summed E-state index contributed by atoms with van der Waals surface area (Å²) in [6, 6.07) is 0. The van der Waals surface area contributed by atoms with Crippen LogP contribution < -0.4 is 0 Å². The first-order valence-electron chi connectivity index (χ1n) is 3.78. The van der Waals surface area contributed by atoms with Crippen LogP contribution in [0.3, 0.4) is 0 Å². The minimum absolute atomic E-state index is 0.133. The van der Waals surface area contributed by atoms with E-state index in [-0.39, 0.29) is 11.7 Å². The van der Waals surface area contributed by atoms with Crippen molar-refractivity contribution < 1.29 is 19.2 Å². The van der Waals surface area contributed by atoms with Gasteiger partial charge in [-0.2, -0.15) is 4.98 Å². The van der Waals surface area contributed by atoms with Gasteiger partial charge in [0.15, 0.2) is 0 Å². The van der Waals surface area contributed by atoms with Gasteiger partial charge in [-0.15, -0.1) is 0 Å². The molecule has 1 aromatic heterocycles. The van der Waals surface area contributed by atoms with E-state index in [1.165, 1.54) is 7.05 Å². The van der Waals surface area contributed by atoms with Crippen molar-refractivity contribution in [2.45, 2.75) is 6.92 Å². The first-order chi connectivity index (χ1) is 6.50. The summed E-state index contributed by atoms with van der Waals surface area (Å²) in [6.45, 7) is 1.15. The lowest BCUT2D eigenvalue weighted by atomic mass is 10.4. The molecular weight excluding hydrogens is 190 g/mol. The standard InChI is InChI=1S/C7H9N3O4/c1-4-8-6(9-14-4)7(13)10(2)3-5(11)12/h3H2,1-2H3,(H,11,12). The van der Waals surface area contributed by atoms with Crippen LogP contribution in [0.25, 0.3) is 0 Å². The van der Waals surface area contributed by atoms with E-state index < -0.39 is 18.4 Å². The maximum atomic E-state index is 11.4. The Morgan fingerprint density at radius 1 is 1.57 bits per heavy atom. The molecule has 1 heterocycles. The third-order valence-electron chi connectivity index (χ3n) is 1.44. The largest absolute Gasteiger partial charge is 0.480 e. The van der Waals surface area contributed by atoms with E-state index in [4.69, 9.17) is 5.11 Å². The van der Waals surface area contributed by atoms with Gasteiger partial charge in [-0.1, -0.05) is 5.16 Å². The lowest BCUT2D eigenvalue weighted by molar-refractivity contribution is -0.137. The lowest BCUT2D eigenvalue weighted by Crippen LogP contribution is -2.32. The van der Waals surface area contributed by atoms with Crippen molar-refractivity contribution in [2.75, 3.05) is 13.6 Å². The van der Waals surface area contributed by atoms with E-state index in [9.17, 15) is 9.59 Å². The molecule has 1 N–H and O–H groups in total. The molecule has 0 spiro atoms. The quantitative estimate of drug-likeness (QED) is 0.707. The van der Waals surface area contributed by atoms with Gasteiger partial charge in [-0.05, 0) is 0 Å². The van der Waals surface area contributed by atoms with Crippen LogP contribution in [0.4, 0.5) is 0 Å². The molecule has 0 saturated heterocycles. The molecular formula is C7H9N3O4. The number of carbonyl (C=O) groups excluding carboxylic acids is 1. The number of amides is 1. The van der Waals surface area contributed by atoms with Crippen LogP contribution >= 0.6 is 0 Å². The molecule has 0 radical (unpaired) electrons. The van der Waals surface area contributed by atoms with Crippen molar-refractivity contribution in [3.8, 4) is 0 Å². The fourth-order valence-corrected chi connectivity index (χ4v) is 0.832. The Balaban J connectivity index is 2.70. The maximum absolute atomic E-state index is 11.4. The molecule has 1 aromatic rings. The lowest BCUT2D eigenvalue weighted by Gasteiger charge is -2.10. The molecule has 7 heteroatoms. The zero-order valence-electron chi connectivity index (χ0n) is 7.72. The van der Waals surface area contributed by atoms with Crippen LogP contribution in [-0.2, 0) is 4.79 Å². The number of carboxylic acids is 1. The highest BCUT2D eigenvalue weighted by atomic mass is 16.5. The number of hydrogen-bond donors (Lipinski definition) is 1. The van der Waals surface area contributed by atoms with Gasteiger partial charge in [0, 0.05) is 14.0 Å². The molecule has 1 rings (SSSR count). The Morgan fingerprint density at radius 2 is 2.21 bits per heavy atom. The zero-order chi connectivity index (χ0) is 10.7. The molecule has 0 aliphatic carbocycles. The topological polar surface area (TPSA) is 96.5 Å². The SMILES string of the molecule is Cc1nc(C(=O)N(C)CC(=O)O)no1. The number of carbonyl (C=O) groups is 2. The second-order valence-electron chi connectivity index (χ2n) is 2.69. The molecule has 0 aromatic carbocycles. The zero-order valence-corrected chi connectivity index (χ0v) is 7.72. The summed E-state index contributed by atoms with van der Waals surface area (Å²) < 4.78 is 4.58. The van der Waals surface area contributed by atoms with Crippen LogP contribution in [0.5, 0.6) is 0 Å². The van der Waals surface area contributed by atoms with Crippen molar-refractivity contribution in [1.29, 1.82) is 0 Å². The average Bonchev–Trinajstić information content (AvgIpc) is 2.49. The smallest absolute Gasteiger partial charge is 0.323 e. The Kier molecular flexibility index (Phi) is 2.80. The van der Waals surface area contributed by atoms with Crippen molar-refractivity contribution in [1.82, 2.24) is 15.0 Å². The Morgan fingerprint density at radius 3 is 2.64 bits per heavy atom. The molecule has 1 amide bonds. The van der Waals surface area contributed by atoms with Crippen LogP contribution in [0.1, 0.15) is 16.5 Å². The van der Waals surface area contributed by atoms with Crippen molar-refractivity contribution >= 4 is 11.9 Å². The van der Waals surface area contributed by atoms with Gasteiger partial charge < -0.3 is 14.5 Å². The number of rotatable bonds is 3. The third kappa shape index (κ3) is 2.28. The average molecular weight is 199 g/mol. The first-order valence-corrected chi connectivity index (χ1v) is 3.78. The summed E-state index contributed by atoms with van der Waals surface area (Å²) >= 11 is 0.